The summed E-state index contributed by atoms with van der Waals surface area (Å²) in [6.45, 7) is -0.526. The average molecular weight is 307 g/mol. The third kappa shape index (κ3) is 8.03. The van der Waals surface area contributed by atoms with Gasteiger partial charge in [-0.05, 0) is 12.1 Å². The van der Waals surface area contributed by atoms with Crippen LogP contribution < -0.4 is 14.8 Å². The lowest BCUT2D eigenvalue weighted by Gasteiger charge is -2.14. The van der Waals surface area contributed by atoms with Crippen molar-refractivity contribution in [2.45, 2.75) is 12.6 Å². The summed E-state index contributed by atoms with van der Waals surface area (Å²) in [5, 5.41) is 11.3. The Morgan fingerprint density at radius 1 is 1.14 bits per heavy atom. The van der Waals surface area contributed by atoms with Crippen LogP contribution in [0.25, 0.3) is 0 Å². The van der Waals surface area contributed by atoms with Gasteiger partial charge in [-0.2, -0.15) is 13.2 Å². The van der Waals surface area contributed by atoms with Gasteiger partial charge in [-0.3, -0.25) is 4.79 Å². The lowest BCUT2D eigenvalue weighted by molar-refractivity contribution is -0.153. The number of ether oxygens (including phenoxy) is 2. The van der Waals surface area contributed by atoms with Crippen molar-refractivity contribution in [1.82, 2.24) is 5.32 Å². The number of rotatable bonds is 9. The zero-order chi connectivity index (χ0) is 15.7. The van der Waals surface area contributed by atoms with Crippen LogP contribution in [0, 0.1) is 0 Å². The van der Waals surface area contributed by atoms with E-state index in [4.69, 9.17) is 9.84 Å². The number of aliphatic carboxylic acids is 1. The lowest BCUT2D eigenvalue weighted by Crippen LogP contribution is -2.24. The van der Waals surface area contributed by atoms with Crippen molar-refractivity contribution in [3.63, 3.8) is 0 Å². The molecule has 0 aromatic heterocycles. The van der Waals surface area contributed by atoms with Crippen LogP contribution in [0.5, 0.6) is 11.5 Å². The molecule has 0 amide bonds. The van der Waals surface area contributed by atoms with E-state index in [1.807, 2.05) is 0 Å². The zero-order valence-corrected chi connectivity index (χ0v) is 11.2. The third-order valence-corrected chi connectivity index (χ3v) is 2.29. The number of halogens is 3. The van der Waals surface area contributed by atoms with Crippen LogP contribution in [-0.2, 0) is 4.79 Å². The Hall–Kier alpha value is -1.96. The minimum atomic E-state index is -4.41. The molecule has 8 heteroatoms. The monoisotopic (exact) mass is 307 g/mol. The first-order valence-electron chi connectivity index (χ1n) is 6.22. The van der Waals surface area contributed by atoms with E-state index >= 15 is 0 Å². The number of carboxylic acid groups (broad SMARTS) is 1. The van der Waals surface area contributed by atoms with E-state index < -0.39 is 18.8 Å². The molecular weight excluding hydrogens is 291 g/mol. The first kappa shape index (κ1) is 17.1. The van der Waals surface area contributed by atoms with Crippen LogP contribution in [0.3, 0.4) is 0 Å². The molecule has 2 N–H and O–H groups in total. The second-order valence-corrected chi connectivity index (χ2v) is 4.09. The maximum absolute atomic E-state index is 12.1. The molecule has 21 heavy (non-hydrogen) atoms. The molecule has 0 spiro atoms. The van der Waals surface area contributed by atoms with Crippen LogP contribution in [0.15, 0.2) is 24.3 Å². The summed E-state index contributed by atoms with van der Waals surface area (Å²) < 4.78 is 46.3. The van der Waals surface area contributed by atoms with E-state index in [0.29, 0.717) is 13.1 Å². The molecule has 0 atom stereocenters. The Kier molecular flexibility index (Phi) is 6.80. The minimum Gasteiger partial charge on any atom is -0.488 e. The van der Waals surface area contributed by atoms with E-state index in [1.165, 1.54) is 12.1 Å². The first-order chi connectivity index (χ1) is 9.88. The highest BCUT2D eigenvalue weighted by Gasteiger charge is 2.28. The molecule has 0 aliphatic heterocycles. The Labute approximate surface area is 119 Å². The largest absolute Gasteiger partial charge is 0.488 e. The average Bonchev–Trinajstić information content (AvgIpc) is 2.40. The molecule has 0 unspecified atom stereocenters. The van der Waals surface area contributed by atoms with Crippen molar-refractivity contribution >= 4 is 5.97 Å². The summed E-state index contributed by atoms with van der Waals surface area (Å²) in [5.41, 5.74) is 0. The molecule has 0 saturated carbocycles. The van der Waals surface area contributed by atoms with Gasteiger partial charge in [-0.1, -0.05) is 12.1 Å². The highest BCUT2D eigenvalue weighted by molar-refractivity contribution is 5.66. The molecule has 0 radical (unpaired) electrons. The molecule has 0 bridgehead atoms. The topological polar surface area (TPSA) is 67.8 Å². The number of carboxylic acids is 1. The smallest absolute Gasteiger partial charge is 0.422 e. The van der Waals surface area contributed by atoms with Crippen LogP contribution >= 0.6 is 0 Å². The van der Waals surface area contributed by atoms with Crippen molar-refractivity contribution in [3.05, 3.63) is 24.3 Å². The molecule has 1 aromatic carbocycles. The Morgan fingerprint density at radius 2 is 1.76 bits per heavy atom. The molecule has 0 fully saturated rings. The number of para-hydroxylation sites is 2. The number of alkyl halides is 3. The van der Waals surface area contributed by atoms with Gasteiger partial charge in [0.1, 0.15) is 6.61 Å². The molecule has 5 nitrogen and oxygen atoms in total. The highest BCUT2D eigenvalue weighted by atomic mass is 19.4. The molecule has 1 rings (SSSR count). The summed E-state index contributed by atoms with van der Waals surface area (Å²) in [4.78, 5) is 10.3. The first-order valence-corrected chi connectivity index (χ1v) is 6.22. The summed E-state index contributed by atoms with van der Waals surface area (Å²) in [5.74, 6) is -0.684. The molecule has 0 heterocycles. The van der Waals surface area contributed by atoms with Crippen molar-refractivity contribution in [3.8, 4) is 11.5 Å². The van der Waals surface area contributed by atoms with Gasteiger partial charge in [0.05, 0.1) is 6.42 Å². The fraction of sp³-hybridized carbons (Fsp3) is 0.462. The van der Waals surface area contributed by atoms with Crippen molar-refractivity contribution in [2.24, 2.45) is 0 Å². The van der Waals surface area contributed by atoms with E-state index in [0.717, 1.165) is 0 Å². The van der Waals surface area contributed by atoms with E-state index in [9.17, 15) is 18.0 Å². The van der Waals surface area contributed by atoms with Gasteiger partial charge >= 0.3 is 12.1 Å². The Morgan fingerprint density at radius 3 is 2.33 bits per heavy atom. The summed E-state index contributed by atoms with van der Waals surface area (Å²) in [7, 11) is 0. The van der Waals surface area contributed by atoms with E-state index in [1.54, 1.807) is 12.1 Å². The third-order valence-electron chi connectivity index (χ3n) is 2.29. The van der Waals surface area contributed by atoms with Gasteiger partial charge < -0.3 is 19.9 Å². The fourth-order valence-corrected chi connectivity index (χ4v) is 1.40. The molecule has 118 valence electrons. The Balaban J connectivity index is 2.35. The number of nitrogens with one attached hydrogen (secondary N) is 1. The highest BCUT2D eigenvalue weighted by Crippen LogP contribution is 2.28. The van der Waals surface area contributed by atoms with Gasteiger partial charge in [0.2, 0.25) is 0 Å². The SMILES string of the molecule is O=C(O)CCNCCOc1ccccc1OCC(F)(F)F. The van der Waals surface area contributed by atoms with Gasteiger partial charge in [0.25, 0.3) is 0 Å². The predicted octanol–water partition coefficient (Wildman–Crippen LogP) is 2.07. The summed E-state index contributed by atoms with van der Waals surface area (Å²) in [6.07, 6.45) is -4.42. The minimum absolute atomic E-state index is 0.00865. The van der Waals surface area contributed by atoms with Crippen LogP contribution in [0.2, 0.25) is 0 Å². The van der Waals surface area contributed by atoms with Crippen molar-refractivity contribution in [1.29, 1.82) is 0 Å². The number of benzene rings is 1. The predicted molar refractivity (Wildman–Crippen MR) is 68.6 cm³/mol. The van der Waals surface area contributed by atoms with Crippen molar-refractivity contribution in [2.75, 3.05) is 26.3 Å². The van der Waals surface area contributed by atoms with E-state index in [2.05, 4.69) is 10.1 Å². The van der Waals surface area contributed by atoms with Crippen LogP contribution in [0.1, 0.15) is 6.42 Å². The molecule has 0 aliphatic carbocycles. The Bertz CT molecular complexity index is 451. The zero-order valence-electron chi connectivity index (χ0n) is 11.2. The van der Waals surface area contributed by atoms with Gasteiger partial charge in [-0.15, -0.1) is 0 Å². The molecule has 0 aliphatic rings. The van der Waals surface area contributed by atoms with Gasteiger partial charge in [0.15, 0.2) is 18.1 Å². The number of carbonyl (C=O) groups is 1. The number of hydrogen-bond acceptors (Lipinski definition) is 4. The fourth-order valence-electron chi connectivity index (χ4n) is 1.40. The standard InChI is InChI=1S/C13H16F3NO4/c14-13(15,16)9-21-11-4-2-1-3-10(11)20-8-7-17-6-5-12(18)19/h1-4,17H,5-9H2,(H,18,19). The molecule has 1 aromatic rings. The van der Waals surface area contributed by atoms with Gasteiger partial charge in [0, 0.05) is 13.1 Å². The maximum Gasteiger partial charge on any atom is 0.422 e. The van der Waals surface area contributed by atoms with Crippen LogP contribution in [0.4, 0.5) is 13.2 Å². The van der Waals surface area contributed by atoms with Crippen molar-refractivity contribution < 1.29 is 32.5 Å². The second kappa shape index (κ2) is 8.35. The van der Waals surface area contributed by atoms with Crippen LogP contribution in [-0.4, -0.2) is 43.6 Å². The normalized spacial score (nSPS) is 11.2. The lowest BCUT2D eigenvalue weighted by atomic mass is 10.3. The van der Waals surface area contributed by atoms with Gasteiger partial charge in [-0.25, -0.2) is 0 Å². The maximum atomic E-state index is 12.1. The molecule has 0 saturated heterocycles. The number of hydrogen-bond donors (Lipinski definition) is 2. The quantitative estimate of drug-likeness (QED) is 0.684. The second-order valence-electron chi connectivity index (χ2n) is 4.09. The summed E-state index contributed by atoms with van der Waals surface area (Å²) >= 11 is 0. The summed E-state index contributed by atoms with van der Waals surface area (Å²) in [6, 6.07) is 6.05. The van der Waals surface area contributed by atoms with E-state index in [-0.39, 0.29) is 24.5 Å². The molecular formula is C13H16F3NO4.